The number of hydrogen-bond acceptors (Lipinski definition) is 3. The fourth-order valence-electron chi connectivity index (χ4n) is 0.770. The van der Waals surface area contributed by atoms with Crippen molar-refractivity contribution in [3.8, 4) is 0 Å². The Labute approximate surface area is 65.1 Å². The van der Waals surface area contributed by atoms with Crippen LogP contribution < -0.4 is 10.5 Å². The predicted octanol–water partition coefficient (Wildman–Crippen LogP) is -0.354. The lowest BCUT2D eigenvalue weighted by Crippen LogP contribution is -2.26. The third kappa shape index (κ3) is 1.39. The normalized spacial score (nSPS) is 9.73. The molecule has 1 aromatic rings. The molecule has 0 spiro atoms. The van der Waals surface area contributed by atoms with Gasteiger partial charge in [-0.2, -0.15) is 5.10 Å². The molecule has 0 N–H and O–H groups in total. The van der Waals surface area contributed by atoms with Crippen molar-refractivity contribution in [2.24, 2.45) is 7.05 Å². The Balaban J connectivity index is 3.28. The van der Waals surface area contributed by atoms with Gasteiger partial charge in [-0.15, -0.1) is 0 Å². The minimum absolute atomic E-state index is 0.103. The fourth-order valence-corrected chi connectivity index (χ4v) is 0.770. The lowest BCUT2D eigenvalue weighted by molar-refractivity contribution is 0.701. The molecule has 1 radical (unpaired) electrons. The fraction of sp³-hybridized carbons (Fsp3) is 0.429. The first-order chi connectivity index (χ1) is 5.13. The standard InChI is InChI=1S/C7H10N3O/c1-9(2)6-4-5-8-10(3)7(6)11/h4H,1-3H3. The van der Waals surface area contributed by atoms with Crippen LogP contribution in [0, 0.1) is 6.20 Å². The van der Waals surface area contributed by atoms with Crippen LogP contribution in [-0.2, 0) is 7.05 Å². The van der Waals surface area contributed by atoms with E-state index in [1.807, 2.05) is 14.1 Å². The Bertz CT molecular complexity index is 303. The molecule has 0 unspecified atom stereocenters. The van der Waals surface area contributed by atoms with Gasteiger partial charge in [0, 0.05) is 21.1 Å². The minimum atomic E-state index is -0.103. The molecule has 0 bridgehead atoms. The number of aromatic nitrogens is 2. The second-order valence-electron chi connectivity index (χ2n) is 2.48. The summed E-state index contributed by atoms with van der Waals surface area (Å²) in [5.41, 5.74) is 0.497. The van der Waals surface area contributed by atoms with E-state index in [-0.39, 0.29) is 5.56 Å². The molecular weight excluding hydrogens is 142 g/mol. The summed E-state index contributed by atoms with van der Waals surface area (Å²) in [4.78, 5) is 13.0. The predicted molar refractivity (Wildman–Crippen MR) is 42.6 cm³/mol. The summed E-state index contributed by atoms with van der Waals surface area (Å²) in [6.45, 7) is 0. The quantitative estimate of drug-likeness (QED) is 0.552. The second-order valence-corrected chi connectivity index (χ2v) is 2.48. The number of hydrogen-bond donors (Lipinski definition) is 0. The molecule has 1 aromatic heterocycles. The van der Waals surface area contributed by atoms with Gasteiger partial charge in [0.2, 0.25) is 0 Å². The van der Waals surface area contributed by atoms with E-state index in [1.165, 1.54) is 4.68 Å². The van der Waals surface area contributed by atoms with Crippen LogP contribution in [0.1, 0.15) is 0 Å². The van der Waals surface area contributed by atoms with E-state index in [2.05, 4.69) is 11.3 Å². The maximum Gasteiger partial charge on any atom is 0.290 e. The third-order valence-electron chi connectivity index (χ3n) is 1.40. The number of anilines is 1. The Morgan fingerprint density at radius 1 is 1.64 bits per heavy atom. The zero-order valence-corrected chi connectivity index (χ0v) is 6.83. The molecule has 0 amide bonds. The summed E-state index contributed by atoms with van der Waals surface area (Å²) in [6.07, 6.45) is 2.62. The van der Waals surface area contributed by atoms with E-state index in [0.717, 1.165) is 0 Å². The van der Waals surface area contributed by atoms with Gasteiger partial charge in [0.05, 0.1) is 0 Å². The van der Waals surface area contributed by atoms with Crippen molar-refractivity contribution in [2.75, 3.05) is 19.0 Å². The molecule has 4 nitrogen and oxygen atoms in total. The van der Waals surface area contributed by atoms with Crippen LogP contribution in [0.2, 0.25) is 0 Å². The number of nitrogens with zero attached hydrogens (tertiary/aromatic N) is 3. The molecule has 0 aliphatic rings. The minimum Gasteiger partial charge on any atom is -0.373 e. The summed E-state index contributed by atoms with van der Waals surface area (Å²) in [7, 11) is 5.22. The van der Waals surface area contributed by atoms with Gasteiger partial charge in [-0.05, 0) is 6.07 Å². The van der Waals surface area contributed by atoms with Gasteiger partial charge >= 0.3 is 0 Å². The van der Waals surface area contributed by atoms with Gasteiger partial charge in [-0.25, -0.2) is 4.68 Å². The monoisotopic (exact) mass is 152 g/mol. The van der Waals surface area contributed by atoms with Crippen molar-refractivity contribution >= 4 is 5.69 Å². The molecular formula is C7H10N3O. The van der Waals surface area contributed by atoms with E-state index in [0.29, 0.717) is 5.69 Å². The first-order valence-corrected chi connectivity index (χ1v) is 3.24. The average Bonchev–Trinajstić information content (AvgIpc) is 1.94. The summed E-state index contributed by atoms with van der Waals surface area (Å²) < 4.78 is 1.26. The Hall–Kier alpha value is -1.32. The van der Waals surface area contributed by atoms with Crippen LogP contribution in [0.4, 0.5) is 5.69 Å². The third-order valence-corrected chi connectivity index (χ3v) is 1.40. The second kappa shape index (κ2) is 2.74. The highest BCUT2D eigenvalue weighted by molar-refractivity contribution is 5.40. The first-order valence-electron chi connectivity index (χ1n) is 3.24. The molecule has 0 saturated carbocycles. The SMILES string of the molecule is CN(C)c1c[c]nn(C)c1=O. The maximum absolute atomic E-state index is 11.2. The molecule has 11 heavy (non-hydrogen) atoms. The summed E-state index contributed by atoms with van der Waals surface area (Å²) in [5.74, 6) is 0. The highest BCUT2D eigenvalue weighted by Gasteiger charge is 2.01. The molecule has 0 fully saturated rings. The number of aryl methyl sites for hydroxylation is 1. The van der Waals surface area contributed by atoms with Crippen molar-refractivity contribution in [2.45, 2.75) is 0 Å². The Morgan fingerprint density at radius 3 is 2.73 bits per heavy atom. The van der Waals surface area contributed by atoms with Gasteiger partial charge in [-0.1, -0.05) is 0 Å². The number of rotatable bonds is 1. The lowest BCUT2D eigenvalue weighted by Gasteiger charge is -2.10. The van der Waals surface area contributed by atoms with Crippen LogP contribution in [0.3, 0.4) is 0 Å². The molecule has 1 heterocycles. The molecule has 0 aromatic carbocycles. The van der Waals surface area contributed by atoms with Crippen LogP contribution in [0.25, 0.3) is 0 Å². The van der Waals surface area contributed by atoms with E-state index >= 15 is 0 Å². The van der Waals surface area contributed by atoms with E-state index in [9.17, 15) is 4.79 Å². The highest BCUT2D eigenvalue weighted by atomic mass is 16.1. The summed E-state index contributed by atoms with van der Waals surface area (Å²) in [5, 5.41) is 3.67. The van der Waals surface area contributed by atoms with Crippen LogP contribution in [-0.4, -0.2) is 23.9 Å². The van der Waals surface area contributed by atoms with Crippen LogP contribution in [0.15, 0.2) is 10.9 Å². The highest BCUT2D eigenvalue weighted by Crippen LogP contribution is 1.98. The molecule has 0 atom stereocenters. The zero-order valence-electron chi connectivity index (χ0n) is 6.83. The van der Waals surface area contributed by atoms with Crippen LogP contribution in [0.5, 0.6) is 0 Å². The Morgan fingerprint density at radius 2 is 2.27 bits per heavy atom. The van der Waals surface area contributed by atoms with E-state index < -0.39 is 0 Å². The first kappa shape index (κ1) is 7.78. The van der Waals surface area contributed by atoms with Gasteiger partial charge in [0.25, 0.3) is 5.56 Å². The van der Waals surface area contributed by atoms with Gasteiger partial charge < -0.3 is 4.90 Å². The van der Waals surface area contributed by atoms with Gasteiger partial charge in [0.15, 0.2) is 0 Å². The topological polar surface area (TPSA) is 38.1 Å². The van der Waals surface area contributed by atoms with Crippen molar-refractivity contribution in [3.63, 3.8) is 0 Å². The summed E-state index contributed by atoms with van der Waals surface area (Å²) in [6, 6.07) is 1.57. The lowest BCUT2D eigenvalue weighted by atomic mass is 10.4. The molecule has 59 valence electrons. The molecule has 4 heteroatoms. The molecule has 0 aliphatic carbocycles. The van der Waals surface area contributed by atoms with Crippen LogP contribution >= 0.6 is 0 Å². The molecule has 0 aliphatic heterocycles. The van der Waals surface area contributed by atoms with Crippen molar-refractivity contribution in [1.82, 2.24) is 9.78 Å². The largest absolute Gasteiger partial charge is 0.373 e. The average molecular weight is 152 g/mol. The van der Waals surface area contributed by atoms with Crippen molar-refractivity contribution in [3.05, 3.63) is 22.6 Å². The Kier molecular flexibility index (Phi) is 1.94. The van der Waals surface area contributed by atoms with Crippen molar-refractivity contribution < 1.29 is 0 Å². The molecule has 0 saturated heterocycles. The van der Waals surface area contributed by atoms with Gasteiger partial charge in [-0.3, -0.25) is 4.79 Å². The maximum atomic E-state index is 11.2. The van der Waals surface area contributed by atoms with Crippen molar-refractivity contribution in [1.29, 1.82) is 0 Å². The van der Waals surface area contributed by atoms with E-state index in [1.54, 1.807) is 18.0 Å². The van der Waals surface area contributed by atoms with E-state index in [4.69, 9.17) is 0 Å². The summed E-state index contributed by atoms with van der Waals surface area (Å²) >= 11 is 0. The zero-order chi connectivity index (χ0) is 8.43. The smallest absolute Gasteiger partial charge is 0.290 e. The van der Waals surface area contributed by atoms with Gasteiger partial charge in [0.1, 0.15) is 11.9 Å². The molecule has 1 rings (SSSR count).